The standard InChI is InChI=1S/C14H27NO/c1-2-12-7-9-14(15,11-12)8-3-5-13-6-4-10-16-13/h12-13H,2-11,15H2,1H3. The average Bonchev–Trinajstić information content (AvgIpc) is 2.88. The fourth-order valence-corrected chi connectivity index (χ4v) is 3.40. The van der Waals surface area contributed by atoms with Crippen LogP contribution in [-0.4, -0.2) is 18.2 Å². The van der Waals surface area contributed by atoms with Gasteiger partial charge in [-0.25, -0.2) is 0 Å². The van der Waals surface area contributed by atoms with Crippen LogP contribution in [0.4, 0.5) is 0 Å². The number of ether oxygens (including phenoxy) is 1. The van der Waals surface area contributed by atoms with Gasteiger partial charge in [0.15, 0.2) is 0 Å². The second kappa shape index (κ2) is 5.50. The molecule has 1 aliphatic heterocycles. The Bertz CT molecular complexity index is 213. The minimum absolute atomic E-state index is 0.166. The summed E-state index contributed by atoms with van der Waals surface area (Å²) in [7, 11) is 0. The summed E-state index contributed by atoms with van der Waals surface area (Å²) < 4.78 is 5.65. The lowest BCUT2D eigenvalue weighted by atomic mass is 9.89. The maximum absolute atomic E-state index is 6.47. The molecular weight excluding hydrogens is 198 g/mol. The molecule has 0 aromatic heterocycles. The summed E-state index contributed by atoms with van der Waals surface area (Å²) in [5.74, 6) is 0.896. The Hall–Kier alpha value is -0.0800. The van der Waals surface area contributed by atoms with Crippen molar-refractivity contribution in [3.05, 3.63) is 0 Å². The average molecular weight is 225 g/mol. The van der Waals surface area contributed by atoms with Crippen molar-refractivity contribution in [1.29, 1.82) is 0 Å². The van der Waals surface area contributed by atoms with Crippen LogP contribution in [0.25, 0.3) is 0 Å². The van der Waals surface area contributed by atoms with Gasteiger partial charge in [0.2, 0.25) is 0 Å². The van der Waals surface area contributed by atoms with E-state index in [9.17, 15) is 0 Å². The van der Waals surface area contributed by atoms with Gasteiger partial charge in [0.25, 0.3) is 0 Å². The van der Waals surface area contributed by atoms with Gasteiger partial charge in [0.1, 0.15) is 0 Å². The zero-order valence-corrected chi connectivity index (χ0v) is 10.7. The van der Waals surface area contributed by atoms with Crippen molar-refractivity contribution in [1.82, 2.24) is 0 Å². The third-order valence-electron chi connectivity index (χ3n) is 4.55. The molecule has 0 bridgehead atoms. The predicted molar refractivity (Wildman–Crippen MR) is 67.4 cm³/mol. The monoisotopic (exact) mass is 225 g/mol. The molecule has 1 saturated carbocycles. The summed E-state index contributed by atoms with van der Waals surface area (Å²) in [6.07, 6.45) is 12.0. The summed E-state index contributed by atoms with van der Waals surface area (Å²) in [5.41, 5.74) is 6.63. The molecule has 2 fully saturated rings. The molecule has 0 spiro atoms. The fraction of sp³-hybridized carbons (Fsp3) is 1.00. The maximum atomic E-state index is 6.47. The summed E-state index contributed by atoms with van der Waals surface area (Å²) in [6, 6.07) is 0. The van der Waals surface area contributed by atoms with Crippen molar-refractivity contribution in [2.45, 2.75) is 76.4 Å². The van der Waals surface area contributed by atoms with Crippen LogP contribution in [0.2, 0.25) is 0 Å². The van der Waals surface area contributed by atoms with E-state index in [0.717, 1.165) is 12.5 Å². The highest BCUT2D eigenvalue weighted by atomic mass is 16.5. The summed E-state index contributed by atoms with van der Waals surface area (Å²) >= 11 is 0. The maximum Gasteiger partial charge on any atom is 0.0576 e. The molecule has 94 valence electrons. The van der Waals surface area contributed by atoms with Crippen LogP contribution < -0.4 is 5.73 Å². The molecule has 1 saturated heterocycles. The first-order chi connectivity index (χ1) is 7.72. The minimum atomic E-state index is 0.166. The van der Waals surface area contributed by atoms with Crippen molar-refractivity contribution in [2.75, 3.05) is 6.61 Å². The summed E-state index contributed by atoms with van der Waals surface area (Å²) in [4.78, 5) is 0. The minimum Gasteiger partial charge on any atom is -0.378 e. The lowest BCUT2D eigenvalue weighted by Gasteiger charge is -2.24. The molecule has 2 aliphatic rings. The molecule has 1 heterocycles. The van der Waals surface area contributed by atoms with E-state index < -0.39 is 0 Å². The zero-order chi connectivity index (χ0) is 11.4. The Morgan fingerprint density at radius 2 is 2.25 bits per heavy atom. The highest BCUT2D eigenvalue weighted by Gasteiger charge is 2.34. The Balaban J connectivity index is 1.65. The lowest BCUT2D eigenvalue weighted by Crippen LogP contribution is -2.36. The van der Waals surface area contributed by atoms with Crippen molar-refractivity contribution in [3.8, 4) is 0 Å². The highest BCUT2D eigenvalue weighted by molar-refractivity contribution is 4.93. The molecular formula is C14H27NO. The van der Waals surface area contributed by atoms with E-state index in [-0.39, 0.29) is 5.54 Å². The molecule has 0 radical (unpaired) electrons. The predicted octanol–water partition coefficient (Wildman–Crippen LogP) is 3.24. The van der Waals surface area contributed by atoms with Gasteiger partial charge in [0, 0.05) is 12.1 Å². The topological polar surface area (TPSA) is 35.2 Å². The smallest absolute Gasteiger partial charge is 0.0576 e. The van der Waals surface area contributed by atoms with Gasteiger partial charge in [0.05, 0.1) is 6.10 Å². The normalized spacial score (nSPS) is 39.4. The Kier molecular flexibility index (Phi) is 4.26. The second-order valence-electron chi connectivity index (χ2n) is 5.91. The zero-order valence-electron chi connectivity index (χ0n) is 10.7. The van der Waals surface area contributed by atoms with E-state index in [1.54, 1.807) is 0 Å². The Labute approximate surface area is 99.9 Å². The molecule has 0 aromatic rings. The molecule has 1 aliphatic carbocycles. The lowest BCUT2D eigenvalue weighted by molar-refractivity contribution is 0.100. The molecule has 3 unspecified atom stereocenters. The van der Waals surface area contributed by atoms with E-state index in [4.69, 9.17) is 10.5 Å². The van der Waals surface area contributed by atoms with Crippen LogP contribution in [-0.2, 0) is 4.74 Å². The largest absolute Gasteiger partial charge is 0.378 e. The van der Waals surface area contributed by atoms with E-state index in [0.29, 0.717) is 6.10 Å². The molecule has 2 N–H and O–H groups in total. The van der Waals surface area contributed by atoms with E-state index in [1.807, 2.05) is 0 Å². The first kappa shape index (κ1) is 12.4. The van der Waals surface area contributed by atoms with E-state index >= 15 is 0 Å². The van der Waals surface area contributed by atoms with Gasteiger partial charge in [-0.2, -0.15) is 0 Å². The van der Waals surface area contributed by atoms with Crippen molar-refractivity contribution in [2.24, 2.45) is 11.7 Å². The summed E-state index contributed by atoms with van der Waals surface area (Å²) in [6.45, 7) is 3.28. The molecule has 3 atom stereocenters. The first-order valence-electron chi connectivity index (χ1n) is 7.12. The molecule has 2 nitrogen and oxygen atoms in total. The van der Waals surface area contributed by atoms with Crippen LogP contribution in [0.5, 0.6) is 0 Å². The molecule has 0 amide bonds. The number of hydrogen-bond acceptors (Lipinski definition) is 2. The van der Waals surface area contributed by atoms with Crippen LogP contribution in [0.1, 0.15) is 64.7 Å². The number of nitrogens with two attached hydrogens (primary N) is 1. The number of rotatable bonds is 5. The molecule has 16 heavy (non-hydrogen) atoms. The summed E-state index contributed by atoms with van der Waals surface area (Å²) in [5, 5.41) is 0. The molecule has 2 heteroatoms. The molecule has 2 rings (SSSR count). The van der Waals surface area contributed by atoms with E-state index in [1.165, 1.54) is 57.8 Å². The third kappa shape index (κ3) is 3.21. The third-order valence-corrected chi connectivity index (χ3v) is 4.55. The Morgan fingerprint density at radius 3 is 2.88 bits per heavy atom. The van der Waals surface area contributed by atoms with Gasteiger partial charge in [-0.1, -0.05) is 13.3 Å². The second-order valence-corrected chi connectivity index (χ2v) is 5.91. The van der Waals surface area contributed by atoms with Crippen LogP contribution in [0.3, 0.4) is 0 Å². The van der Waals surface area contributed by atoms with Crippen LogP contribution in [0, 0.1) is 5.92 Å². The number of hydrogen-bond donors (Lipinski definition) is 1. The van der Waals surface area contributed by atoms with Gasteiger partial charge in [-0.05, 0) is 57.3 Å². The van der Waals surface area contributed by atoms with E-state index in [2.05, 4.69) is 6.92 Å². The highest BCUT2D eigenvalue weighted by Crippen LogP contribution is 2.37. The van der Waals surface area contributed by atoms with Gasteiger partial charge in [-0.3, -0.25) is 0 Å². The van der Waals surface area contributed by atoms with Gasteiger partial charge < -0.3 is 10.5 Å². The van der Waals surface area contributed by atoms with Crippen molar-refractivity contribution < 1.29 is 4.74 Å². The van der Waals surface area contributed by atoms with Crippen LogP contribution >= 0.6 is 0 Å². The van der Waals surface area contributed by atoms with Gasteiger partial charge >= 0.3 is 0 Å². The SMILES string of the molecule is CCC1CCC(N)(CCCC2CCCO2)C1. The molecule has 0 aromatic carbocycles. The van der Waals surface area contributed by atoms with Gasteiger partial charge in [-0.15, -0.1) is 0 Å². The Morgan fingerprint density at radius 1 is 1.38 bits per heavy atom. The van der Waals surface area contributed by atoms with Crippen molar-refractivity contribution >= 4 is 0 Å². The van der Waals surface area contributed by atoms with Crippen molar-refractivity contribution in [3.63, 3.8) is 0 Å². The fourth-order valence-electron chi connectivity index (χ4n) is 3.40. The first-order valence-corrected chi connectivity index (χ1v) is 7.12. The van der Waals surface area contributed by atoms with Crippen LogP contribution in [0.15, 0.2) is 0 Å². The quantitative estimate of drug-likeness (QED) is 0.779.